The lowest BCUT2D eigenvalue weighted by molar-refractivity contribution is -0.0129. The minimum Gasteiger partial charge on any atom is -0.508 e. The number of morpholine rings is 1. The van der Waals surface area contributed by atoms with Crippen LogP contribution >= 0.6 is 11.6 Å². The van der Waals surface area contributed by atoms with Crippen LogP contribution in [0, 0.1) is 0 Å². The van der Waals surface area contributed by atoms with Crippen molar-refractivity contribution in [1.82, 2.24) is 4.90 Å². The van der Waals surface area contributed by atoms with Crippen LogP contribution in [0.15, 0.2) is 18.2 Å². The average molecular weight is 256 g/mol. The van der Waals surface area contributed by atoms with Crippen molar-refractivity contribution in [2.75, 3.05) is 19.8 Å². The molecule has 17 heavy (non-hydrogen) atoms. The van der Waals surface area contributed by atoms with Crippen LogP contribution in [0.3, 0.4) is 0 Å². The Morgan fingerprint density at radius 3 is 3.06 bits per heavy atom. The zero-order valence-corrected chi connectivity index (χ0v) is 10.8. The maximum atomic E-state index is 9.84. The fourth-order valence-electron chi connectivity index (χ4n) is 2.18. The van der Waals surface area contributed by atoms with Crippen molar-refractivity contribution in [3.05, 3.63) is 28.8 Å². The molecule has 0 aliphatic carbocycles. The van der Waals surface area contributed by atoms with Crippen LogP contribution in [-0.4, -0.2) is 35.8 Å². The summed E-state index contributed by atoms with van der Waals surface area (Å²) in [4.78, 5) is 2.32. The molecule has 1 aliphatic rings. The molecule has 2 rings (SSSR count). The Labute approximate surface area is 107 Å². The summed E-state index contributed by atoms with van der Waals surface area (Å²) in [5.41, 5.74) is 0.814. The molecule has 1 N–H and O–H groups in total. The van der Waals surface area contributed by atoms with E-state index in [1.54, 1.807) is 12.1 Å². The molecule has 0 amide bonds. The normalized spacial score (nSPS) is 21.6. The van der Waals surface area contributed by atoms with Crippen molar-refractivity contribution in [1.29, 1.82) is 0 Å². The number of hydrogen-bond acceptors (Lipinski definition) is 3. The fourth-order valence-corrected chi connectivity index (χ4v) is 2.41. The van der Waals surface area contributed by atoms with E-state index in [0.717, 1.165) is 31.7 Å². The second-order valence-corrected chi connectivity index (χ2v) is 4.75. The quantitative estimate of drug-likeness (QED) is 0.901. The molecule has 1 aromatic rings. The number of nitrogens with zero attached hydrogens (tertiary/aromatic N) is 1. The lowest BCUT2D eigenvalue weighted by atomic mass is 10.1. The van der Waals surface area contributed by atoms with E-state index in [2.05, 4.69) is 11.8 Å². The number of rotatable bonds is 3. The number of hydrogen-bond donors (Lipinski definition) is 1. The van der Waals surface area contributed by atoms with Gasteiger partial charge >= 0.3 is 0 Å². The maximum absolute atomic E-state index is 9.84. The molecular formula is C13H18ClNO2. The van der Waals surface area contributed by atoms with Gasteiger partial charge in [-0.15, -0.1) is 0 Å². The summed E-state index contributed by atoms with van der Waals surface area (Å²) in [5, 5.41) is 10.5. The third-order valence-electron chi connectivity index (χ3n) is 3.28. The van der Waals surface area contributed by atoms with Gasteiger partial charge in [-0.3, -0.25) is 4.90 Å². The van der Waals surface area contributed by atoms with E-state index >= 15 is 0 Å². The molecule has 0 bridgehead atoms. The third-order valence-corrected chi connectivity index (χ3v) is 3.63. The summed E-state index contributed by atoms with van der Waals surface area (Å²) in [6.45, 7) is 5.25. The minimum atomic E-state index is 0.277. The van der Waals surface area contributed by atoms with Crippen LogP contribution in [0.5, 0.6) is 5.75 Å². The molecule has 0 spiro atoms. The standard InChI is InChI=1S/C13H18ClNO2/c1-2-10-9-17-7-6-15(10)8-11-12(14)4-3-5-13(11)16/h3-5,10,16H,2,6-9H2,1H3. The molecule has 1 atom stereocenters. The molecule has 1 heterocycles. The van der Waals surface area contributed by atoms with Crippen LogP contribution in [-0.2, 0) is 11.3 Å². The smallest absolute Gasteiger partial charge is 0.121 e. The van der Waals surface area contributed by atoms with Crippen molar-refractivity contribution >= 4 is 11.6 Å². The van der Waals surface area contributed by atoms with E-state index in [9.17, 15) is 5.11 Å². The van der Waals surface area contributed by atoms with E-state index in [1.807, 2.05) is 6.07 Å². The summed E-state index contributed by atoms with van der Waals surface area (Å²) >= 11 is 6.12. The van der Waals surface area contributed by atoms with Gasteiger partial charge in [-0.2, -0.15) is 0 Å². The first-order chi connectivity index (χ1) is 8.22. The number of phenols is 1. The van der Waals surface area contributed by atoms with Crippen molar-refractivity contribution < 1.29 is 9.84 Å². The zero-order chi connectivity index (χ0) is 12.3. The largest absolute Gasteiger partial charge is 0.508 e. The summed E-state index contributed by atoms with van der Waals surface area (Å²) in [7, 11) is 0. The molecule has 4 heteroatoms. The Bertz CT molecular complexity index is 363. The van der Waals surface area contributed by atoms with Gasteiger partial charge in [-0.1, -0.05) is 24.6 Å². The molecule has 3 nitrogen and oxygen atoms in total. The number of ether oxygens (including phenoxy) is 1. The molecule has 1 aromatic carbocycles. The number of phenolic OH excluding ortho intramolecular Hbond substituents is 1. The monoisotopic (exact) mass is 255 g/mol. The van der Waals surface area contributed by atoms with Gasteiger partial charge in [0.05, 0.1) is 13.2 Å². The van der Waals surface area contributed by atoms with Crippen molar-refractivity contribution in [3.8, 4) is 5.75 Å². The molecule has 1 saturated heterocycles. The molecule has 94 valence electrons. The molecule has 0 aromatic heterocycles. The van der Waals surface area contributed by atoms with E-state index in [-0.39, 0.29) is 5.75 Å². The van der Waals surface area contributed by atoms with E-state index in [4.69, 9.17) is 16.3 Å². The molecule has 0 radical (unpaired) electrons. The SMILES string of the molecule is CCC1COCCN1Cc1c(O)cccc1Cl. The molecular weight excluding hydrogens is 238 g/mol. The van der Waals surface area contributed by atoms with E-state index < -0.39 is 0 Å². The second-order valence-electron chi connectivity index (χ2n) is 4.34. The van der Waals surface area contributed by atoms with Gasteiger partial charge in [0.1, 0.15) is 5.75 Å². The lowest BCUT2D eigenvalue weighted by Gasteiger charge is -2.35. The lowest BCUT2D eigenvalue weighted by Crippen LogP contribution is -2.44. The van der Waals surface area contributed by atoms with E-state index in [0.29, 0.717) is 17.6 Å². The van der Waals surface area contributed by atoms with Gasteiger partial charge in [-0.25, -0.2) is 0 Å². The highest BCUT2D eigenvalue weighted by Gasteiger charge is 2.23. The van der Waals surface area contributed by atoms with E-state index in [1.165, 1.54) is 0 Å². The number of aromatic hydroxyl groups is 1. The first kappa shape index (κ1) is 12.7. The molecule has 1 unspecified atom stereocenters. The first-order valence-corrected chi connectivity index (χ1v) is 6.38. The molecule has 1 aliphatic heterocycles. The highest BCUT2D eigenvalue weighted by Crippen LogP contribution is 2.28. The average Bonchev–Trinajstić information content (AvgIpc) is 2.34. The Morgan fingerprint density at radius 2 is 2.35 bits per heavy atom. The third kappa shape index (κ3) is 2.92. The summed E-state index contributed by atoms with van der Waals surface area (Å²) in [6, 6.07) is 5.68. The van der Waals surface area contributed by atoms with Crippen molar-refractivity contribution in [3.63, 3.8) is 0 Å². The van der Waals surface area contributed by atoms with Gasteiger partial charge in [0.2, 0.25) is 0 Å². The number of benzene rings is 1. The predicted octanol–water partition coefficient (Wildman–Crippen LogP) is 2.66. The maximum Gasteiger partial charge on any atom is 0.121 e. The van der Waals surface area contributed by atoms with Gasteiger partial charge in [0.25, 0.3) is 0 Å². The number of halogens is 1. The Hall–Kier alpha value is -0.770. The van der Waals surface area contributed by atoms with Crippen molar-refractivity contribution in [2.45, 2.75) is 25.9 Å². The Balaban J connectivity index is 2.13. The van der Waals surface area contributed by atoms with Gasteiger partial charge in [0, 0.05) is 29.7 Å². The van der Waals surface area contributed by atoms with Crippen LogP contribution < -0.4 is 0 Å². The highest BCUT2D eigenvalue weighted by atomic mass is 35.5. The molecule has 1 fully saturated rings. The van der Waals surface area contributed by atoms with Crippen molar-refractivity contribution in [2.24, 2.45) is 0 Å². The first-order valence-electron chi connectivity index (χ1n) is 6.00. The van der Waals surface area contributed by atoms with Gasteiger partial charge in [0.15, 0.2) is 0 Å². The van der Waals surface area contributed by atoms with Gasteiger partial charge < -0.3 is 9.84 Å². The van der Waals surface area contributed by atoms with Crippen LogP contribution in [0.2, 0.25) is 5.02 Å². The summed E-state index contributed by atoms with van der Waals surface area (Å²) < 4.78 is 5.46. The summed E-state index contributed by atoms with van der Waals surface area (Å²) in [5.74, 6) is 0.277. The van der Waals surface area contributed by atoms with Crippen LogP contribution in [0.4, 0.5) is 0 Å². The fraction of sp³-hybridized carbons (Fsp3) is 0.538. The Morgan fingerprint density at radius 1 is 1.53 bits per heavy atom. The topological polar surface area (TPSA) is 32.7 Å². The van der Waals surface area contributed by atoms with Gasteiger partial charge in [-0.05, 0) is 18.6 Å². The zero-order valence-electron chi connectivity index (χ0n) is 10.0. The predicted molar refractivity (Wildman–Crippen MR) is 68.4 cm³/mol. The Kier molecular flexibility index (Phi) is 4.26. The molecule has 0 saturated carbocycles. The summed E-state index contributed by atoms with van der Waals surface area (Å²) in [6.07, 6.45) is 1.05. The second kappa shape index (κ2) is 5.71. The highest BCUT2D eigenvalue weighted by molar-refractivity contribution is 6.31. The minimum absolute atomic E-state index is 0.277. The van der Waals surface area contributed by atoms with Crippen LogP contribution in [0.1, 0.15) is 18.9 Å². The van der Waals surface area contributed by atoms with Crippen LogP contribution in [0.25, 0.3) is 0 Å².